The van der Waals surface area contributed by atoms with E-state index in [0.717, 1.165) is 19.3 Å². The number of hydrogen-bond donors (Lipinski definition) is 1. The molecule has 0 radical (unpaired) electrons. The van der Waals surface area contributed by atoms with Crippen LogP contribution in [0.5, 0.6) is 0 Å². The van der Waals surface area contributed by atoms with E-state index >= 15 is 0 Å². The molecule has 0 spiro atoms. The van der Waals surface area contributed by atoms with Crippen molar-refractivity contribution in [1.82, 2.24) is 4.90 Å². The summed E-state index contributed by atoms with van der Waals surface area (Å²) in [5.41, 5.74) is 0.961. The van der Waals surface area contributed by atoms with Crippen LogP contribution in [0, 0.1) is 10.1 Å². The first-order chi connectivity index (χ1) is 17.4. The largest absolute Gasteiger partial charge is 0.462 e. The van der Waals surface area contributed by atoms with E-state index in [0.29, 0.717) is 24.2 Å². The van der Waals surface area contributed by atoms with E-state index < -0.39 is 10.9 Å². The Bertz CT molecular complexity index is 1240. The molecule has 3 aromatic rings. The Morgan fingerprint density at radius 2 is 1.86 bits per heavy atom. The molecule has 1 aliphatic heterocycles. The second-order valence-electron chi connectivity index (χ2n) is 8.39. The summed E-state index contributed by atoms with van der Waals surface area (Å²) in [7, 11) is 0. The van der Waals surface area contributed by atoms with Gasteiger partial charge in [0.25, 0.3) is 17.5 Å². The van der Waals surface area contributed by atoms with Crippen molar-refractivity contribution in [1.29, 1.82) is 0 Å². The van der Waals surface area contributed by atoms with Gasteiger partial charge < -0.3 is 19.4 Å². The van der Waals surface area contributed by atoms with Crippen molar-refractivity contribution < 1.29 is 28.5 Å². The minimum atomic E-state index is -0.639. The summed E-state index contributed by atoms with van der Waals surface area (Å²) >= 11 is 0. The van der Waals surface area contributed by atoms with E-state index in [9.17, 15) is 24.5 Å². The van der Waals surface area contributed by atoms with Gasteiger partial charge in [-0.3, -0.25) is 19.7 Å². The zero-order valence-electron chi connectivity index (χ0n) is 19.4. The average Bonchev–Trinajstić information content (AvgIpc) is 3.44. The standard InChI is InChI=1S/C26H25N3O7/c30-24(23-8-4-15-35-23)27-20-11-9-18(10-12-20)25(31)28-14-2-1-6-21(28)13-16-36-26(32)19-5-3-7-22(17-19)29(33)34/h3-5,7-12,15,17,21H,1-2,6,13-14,16H2,(H,27,30)/t21-/m0/s1. The number of piperidine rings is 1. The predicted molar refractivity (Wildman–Crippen MR) is 130 cm³/mol. The van der Waals surface area contributed by atoms with Crippen molar-refractivity contribution >= 4 is 29.2 Å². The minimum Gasteiger partial charge on any atom is -0.462 e. The third-order valence-electron chi connectivity index (χ3n) is 6.00. The number of furan rings is 1. The lowest BCUT2D eigenvalue weighted by molar-refractivity contribution is -0.384. The second kappa shape index (κ2) is 11.3. The number of nitrogens with one attached hydrogen (secondary N) is 1. The normalized spacial score (nSPS) is 15.2. The number of hydrogen-bond acceptors (Lipinski definition) is 7. The fourth-order valence-corrected chi connectivity index (χ4v) is 4.15. The minimum absolute atomic E-state index is 0.0910. The van der Waals surface area contributed by atoms with Crippen LogP contribution < -0.4 is 5.32 Å². The third kappa shape index (κ3) is 5.96. The van der Waals surface area contributed by atoms with Gasteiger partial charge in [-0.2, -0.15) is 0 Å². The summed E-state index contributed by atoms with van der Waals surface area (Å²) in [4.78, 5) is 49.8. The van der Waals surface area contributed by atoms with Crippen molar-refractivity contribution in [3.63, 3.8) is 0 Å². The average molecular weight is 492 g/mol. The first kappa shape index (κ1) is 24.6. The first-order valence-corrected chi connectivity index (χ1v) is 11.6. The van der Waals surface area contributed by atoms with E-state index in [2.05, 4.69) is 5.32 Å². The highest BCUT2D eigenvalue weighted by Gasteiger charge is 2.28. The summed E-state index contributed by atoms with van der Waals surface area (Å²) in [5.74, 6) is -0.958. The Morgan fingerprint density at radius 1 is 1.06 bits per heavy atom. The number of nitro groups is 1. The summed E-state index contributed by atoms with van der Waals surface area (Å²) in [6.45, 7) is 0.688. The number of esters is 1. The number of ether oxygens (including phenoxy) is 1. The Morgan fingerprint density at radius 3 is 2.58 bits per heavy atom. The van der Waals surface area contributed by atoms with Crippen molar-refractivity contribution in [2.45, 2.75) is 31.7 Å². The Hall–Kier alpha value is -4.47. The summed E-state index contributed by atoms with van der Waals surface area (Å²) in [6.07, 6.45) is 4.51. The SMILES string of the molecule is O=C(OCC[C@@H]1CCCCN1C(=O)c1ccc(NC(=O)c2ccco2)cc1)c1cccc([N+](=O)[O-])c1. The number of carbonyl (C=O) groups is 3. The molecule has 10 nitrogen and oxygen atoms in total. The highest BCUT2D eigenvalue weighted by molar-refractivity contribution is 6.02. The van der Waals surface area contributed by atoms with Crippen LogP contribution in [0.2, 0.25) is 0 Å². The molecule has 0 unspecified atom stereocenters. The van der Waals surface area contributed by atoms with Crippen LogP contribution in [-0.2, 0) is 4.74 Å². The van der Waals surface area contributed by atoms with Gasteiger partial charge in [-0.05, 0) is 61.7 Å². The van der Waals surface area contributed by atoms with Crippen LogP contribution in [0.1, 0.15) is 57.0 Å². The molecule has 1 atom stereocenters. The van der Waals surface area contributed by atoms with Gasteiger partial charge in [-0.1, -0.05) is 6.07 Å². The number of benzene rings is 2. The fourth-order valence-electron chi connectivity index (χ4n) is 4.15. The van der Waals surface area contributed by atoms with Gasteiger partial charge in [0.15, 0.2) is 5.76 Å². The topological polar surface area (TPSA) is 132 Å². The number of carbonyl (C=O) groups excluding carboxylic acids is 3. The zero-order chi connectivity index (χ0) is 25.5. The summed E-state index contributed by atoms with van der Waals surface area (Å²) in [5, 5.41) is 13.6. The fraction of sp³-hybridized carbons (Fsp3) is 0.269. The molecule has 1 fully saturated rings. The Labute approximate surface area is 207 Å². The maximum absolute atomic E-state index is 13.2. The predicted octanol–water partition coefficient (Wildman–Crippen LogP) is 4.68. The molecule has 1 aliphatic rings. The molecule has 36 heavy (non-hydrogen) atoms. The van der Waals surface area contributed by atoms with Crippen LogP contribution in [0.4, 0.5) is 11.4 Å². The molecular weight excluding hydrogens is 466 g/mol. The lowest BCUT2D eigenvalue weighted by Crippen LogP contribution is -2.44. The molecule has 4 rings (SSSR count). The van der Waals surface area contributed by atoms with Crippen LogP contribution >= 0.6 is 0 Å². The monoisotopic (exact) mass is 491 g/mol. The van der Waals surface area contributed by atoms with E-state index in [-0.39, 0.29) is 41.5 Å². The van der Waals surface area contributed by atoms with Crippen LogP contribution in [0.25, 0.3) is 0 Å². The van der Waals surface area contributed by atoms with Crippen LogP contribution in [0.15, 0.2) is 71.3 Å². The second-order valence-corrected chi connectivity index (χ2v) is 8.39. The van der Waals surface area contributed by atoms with E-state index in [1.54, 1.807) is 41.3 Å². The maximum atomic E-state index is 13.2. The lowest BCUT2D eigenvalue weighted by atomic mass is 9.98. The van der Waals surface area contributed by atoms with Crippen molar-refractivity contribution in [2.24, 2.45) is 0 Å². The molecular formula is C26H25N3O7. The number of anilines is 1. The Kier molecular flexibility index (Phi) is 7.74. The van der Waals surface area contributed by atoms with E-state index in [4.69, 9.17) is 9.15 Å². The number of amides is 2. The molecule has 10 heteroatoms. The quantitative estimate of drug-likeness (QED) is 0.275. The summed E-state index contributed by atoms with van der Waals surface area (Å²) < 4.78 is 10.4. The van der Waals surface area contributed by atoms with E-state index in [1.165, 1.54) is 30.5 Å². The molecule has 1 N–H and O–H groups in total. The molecule has 2 amide bonds. The Balaban J connectivity index is 1.33. The van der Waals surface area contributed by atoms with E-state index in [1.807, 2.05) is 0 Å². The lowest BCUT2D eigenvalue weighted by Gasteiger charge is -2.36. The van der Waals surface area contributed by atoms with Gasteiger partial charge in [-0.25, -0.2) is 4.79 Å². The maximum Gasteiger partial charge on any atom is 0.338 e. The highest BCUT2D eigenvalue weighted by atomic mass is 16.6. The van der Waals surface area contributed by atoms with Gasteiger partial charge in [-0.15, -0.1) is 0 Å². The zero-order valence-corrected chi connectivity index (χ0v) is 19.4. The number of nitrogens with zero attached hydrogens (tertiary/aromatic N) is 2. The smallest absolute Gasteiger partial charge is 0.338 e. The van der Waals surface area contributed by atoms with Crippen LogP contribution in [-0.4, -0.2) is 46.8 Å². The van der Waals surface area contributed by atoms with Crippen molar-refractivity contribution in [3.05, 3.63) is 93.9 Å². The van der Waals surface area contributed by atoms with Crippen LogP contribution in [0.3, 0.4) is 0 Å². The van der Waals surface area contributed by atoms with Gasteiger partial charge in [0.05, 0.1) is 23.4 Å². The van der Waals surface area contributed by atoms with Gasteiger partial charge in [0.1, 0.15) is 0 Å². The molecule has 1 aromatic heterocycles. The molecule has 2 aromatic carbocycles. The van der Waals surface area contributed by atoms with Gasteiger partial charge in [0.2, 0.25) is 0 Å². The molecule has 186 valence electrons. The molecule has 0 bridgehead atoms. The third-order valence-corrected chi connectivity index (χ3v) is 6.00. The van der Waals surface area contributed by atoms with Gasteiger partial charge in [0, 0.05) is 42.4 Å². The molecule has 0 saturated carbocycles. The molecule has 0 aliphatic carbocycles. The molecule has 1 saturated heterocycles. The van der Waals surface area contributed by atoms with Crippen molar-refractivity contribution in [2.75, 3.05) is 18.5 Å². The van der Waals surface area contributed by atoms with Gasteiger partial charge >= 0.3 is 5.97 Å². The number of likely N-dealkylation sites (tertiary alicyclic amines) is 1. The first-order valence-electron chi connectivity index (χ1n) is 11.6. The highest BCUT2D eigenvalue weighted by Crippen LogP contribution is 2.23. The molecule has 2 heterocycles. The number of non-ortho nitro benzene ring substituents is 1. The van der Waals surface area contributed by atoms with Crippen molar-refractivity contribution in [3.8, 4) is 0 Å². The number of rotatable bonds is 8. The number of nitro benzene ring substituents is 1. The summed E-state index contributed by atoms with van der Waals surface area (Å²) in [6, 6.07) is 15.1.